The average molecular weight is 207 g/mol. The van der Waals surface area contributed by atoms with Gasteiger partial charge in [-0.2, -0.15) is 8.42 Å². The Bertz CT molecular complexity index is 343. The van der Waals surface area contributed by atoms with Gasteiger partial charge in [0.05, 0.1) is 6.26 Å². The van der Waals surface area contributed by atoms with E-state index in [4.69, 9.17) is 8.97 Å². The second kappa shape index (κ2) is 3.88. The number of rotatable bonds is 4. The average Bonchev–Trinajstić information content (AvgIpc) is 2.50. The summed E-state index contributed by atoms with van der Waals surface area (Å²) >= 11 is 0. The van der Waals surface area contributed by atoms with E-state index in [0.29, 0.717) is 0 Å². The molecular formula is C6H9NO5S. The zero-order chi connectivity index (χ0) is 9.90. The molecule has 13 heavy (non-hydrogen) atoms. The fourth-order valence-electron chi connectivity index (χ4n) is 0.800. The van der Waals surface area contributed by atoms with Crippen LogP contribution in [-0.4, -0.2) is 20.0 Å². The molecule has 7 heteroatoms. The fourth-order valence-corrected chi connectivity index (χ4v) is 1.23. The Labute approximate surface area is 75.5 Å². The first-order valence-electron chi connectivity index (χ1n) is 3.39. The van der Waals surface area contributed by atoms with E-state index in [1.54, 1.807) is 6.07 Å². The normalized spacial score (nSPS) is 14.3. The lowest BCUT2D eigenvalue weighted by Gasteiger charge is -2.10. The molecule has 6 nitrogen and oxygen atoms in total. The van der Waals surface area contributed by atoms with Crippen LogP contribution in [0.4, 0.5) is 0 Å². The number of furan rings is 1. The topological polar surface area (TPSA) is 88.8 Å². The predicted molar refractivity (Wildman–Crippen MR) is 43.1 cm³/mol. The van der Waals surface area contributed by atoms with E-state index in [0.717, 1.165) is 0 Å². The first-order chi connectivity index (χ1) is 6.03. The van der Waals surface area contributed by atoms with Crippen molar-refractivity contribution in [2.45, 2.75) is 6.23 Å². The second-order valence-corrected chi connectivity index (χ2v) is 3.26. The number of hydrogen-bond acceptors (Lipinski definition) is 5. The van der Waals surface area contributed by atoms with Gasteiger partial charge in [0.1, 0.15) is 5.76 Å². The largest absolute Gasteiger partial charge is 0.465 e. The minimum Gasteiger partial charge on any atom is -0.465 e. The third kappa shape index (κ3) is 3.15. The zero-order valence-corrected chi connectivity index (χ0v) is 7.61. The molecule has 1 aromatic rings. The lowest BCUT2D eigenvalue weighted by atomic mass is 10.4. The first-order valence-corrected chi connectivity index (χ1v) is 4.76. The van der Waals surface area contributed by atoms with Gasteiger partial charge in [0.2, 0.25) is 0 Å². The van der Waals surface area contributed by atoms with Crippen molar-refractivity contribution in [3.63, 3.8) is 0 Å². The highest BCUT2D eigenvalue weighted by molar-refractivity contribution is 7.80. The molecule has 0 aliphatic carbocycles. The standard InChI is InChI=1S/C6H9NO5S/c1-7-6(12-13(8,9)10)5-3-2-4-11-5/h2-4,6-7H,1H3,(H,8,9,10). The minimum atomic E-state index is -4.48. The van der Waals surface area contributed by atoms with Gasteiger partial charge in [-0.25, -0.2) is 4.18 Å². The summed E-state index contributed by atoms with van der Waals surface area (Å²) in [7, 11) is -3.01. The van der Waals surface area contributed by atoms with Crippen LogP contribution >= 0.6 is 0 Å². The predicted octanol–water partition coefficient (Wildman–Crippen LogP) is 0.317. The molecule has 0 bridgehead atoms. The molecule has 0 fully saturated rings. The second-order valence-electron chi connectivity index (χ2n) is 2.21. The van der Waals surface area contributed by atoms with Crippen molar-refractivity contribution >= 4 is 10.4 Å². The van der Waals surface area contributed by atoms with Gasteiger partial charge in [-0.1, -0.05) is 0 Å². The van der Waals surface area contributed by atoms with E-state index in [1.807, 2.05) is 0 Å². The van der Waals surface area contributed by atoms with Gasteiger partial charge in [-0.05, 0) is 19.2 Å². The molecule has 1 unspecified atom stereocenters. The molecule has 1 rings (SSSR count). The summed E-state index contributed by atoms with van der Waals surface area (Å²) in [5.74, 6) is 0.264. The van der Waals surface area contributed by atoms with Crippen LogP contribution in [0.2, 0.25) is 0 Å². The molecule has 0 aliphatic rings. The van der Waals surface area contributed by atoms with E-state index >= 15 is 0 Å². The summed E-state index contributed by atoms with van der Waals surface area (Å²) in [6.45, 7) is 0. The molecule has 1 heterocycles. The summed E-state index contributed by atoms with van der Waals surface area (Å²) in [4.78, 5) is 0. The lowest BCUT2D eigenvalue weighted by molar-refractivity contribution is 0.136. The Kier molecular flexibility index (Phi) is 3.04. The minimum absolute atomic E-state index is 0.264. The highest BCUT2D eigenvalue weighted by Gasteiger charge is 2.19. The maximum absolute atomic E-state index is 10.3. The molecule has 0 amide bonds. The first kappa shape index (κ1) is 10.2. The Morgan fingerprint density at radius 2 is 2.38 bits per heavy atom. The third-order valence-corrected chi connectivity index (χ3v) is 1.72. The summed E-state index contributed by atoms with van der Waals surface area (Å²) in [5, 5.41) is 2.51. The highest BCUT2D eigenvalue weighted by atomic mass is 32.3. The van der Waals surface area contributed by atoms with Crippen LogP contribution < -0.4 is 5.32 Å². The Hall–Kier alpha value is -0.890. The summed E-state index contributed by atoms with van der Waals surface area (Å²) in [5.41, 5.74) is 0. The van der Waals surface area contributed by atoms with Gasteiger partial charge in [0.15, 0.2) is 6.23 Å². The van der Waals surface area contributed by atoms with Crippen molar-refractivity contribution in [1.29, 1.82) is 0 Å². The molecular weight excluding hydrogens is 198 g/mol. The Morgan fingerprint density at radius 3 is 2.77 bits per heavy atom. The van der Waals surface area contributed by atoms with Crippen molar-refractivity contribution in [1.82, 2.24) is 5.32 Å². The van der Waals surface area contributed by atoms with Gasteiger partial charge in [0.25, 0.3) is 0 Å². The van der Waals surface area contributed by atoms with Crippen LogP contribution in [0.1, 0.15) is 12.0 Å². The van der Waals surface area contributed by atoms with Crippen LogP contribution in [0.3, 0.4) is 0 Å². The number of hydrogen-bond donors (Lipinski definition) is 2. The fraction of sp³-hybridized carbons (Fsp3) is 0.333. The monoisotopic (exact) mass is 207 g/mol. The molecule has 1 atom stereocenters. The molecule has 0 aromatic carbocycles. The molecule has 74 valence electrons. The molecule has 0 saturated carbocycles. The maximum Gasteiger partial charge on any atom is 0.399 e. The summed E-state index contributed by atoms with van der Waals surface area (Å²) in [6, 6.07) is 3.10. The molecule has 0 radical (unpaired) electrons. The summed E-state index contributed by atoms with van der Waals surface area (Å²) < 4.78 is 38.2. The lowest BCUT2D eigenvalue weighted by Crippen LogP contribution is -2.22. The van der Waals surface area contributed by atoms with Crippen molar-refractivity contribution in [3.8, 4) is 0 Å². The maximum atomic E-state index is 10.3. The quantitative estimate of drug-likeness (QED) is 0.546. The SMILES string of the molecule is CNC(OS(=O)(=O)O)c1ccco1. The van der Waals surface area contributed by atoms with Crippen LogP contribution in [0.15, 0.2) is 22.8 Å². The van der Waals surface area contributed by atoms with Gasteiger partial charge in [-0.3, -0.25) is 9.87 Å². The van der Waals surface area contributed by atoms with E-state index in [2.05, 4.69) is 9.50 Å². The van der Waals surface area contributed by atoms with Gasteiger partial charge in [0, 0.05) is 0 Å². The van der Waals surface area contributed by atoms with Gasteiger partial charge < -0.3 is 4.42 Å². The van der Waals surface area contributed by atoms with Crippen LogP contribution in [0.25, 0.3) is 0 Å². The highest BCUT2D eigenvalue weighted by Crippen LogP contribution is 2.15. The molecule has 0 saturated heterocycles. The van der Waals surface area contributed by atoms with E-state index in [-0.39, 0.29) is 5.76 Å². The van der Waals surface area contributed by atoms with Gasteiger partial charge >= 0.3 is 10.4 Å². The Morgan fingerprint density at radius 1 is 1.69 bits per heavy atom. The molecule has 0 spiro atoms. The van der Waals surface area contributed by atoms with Crippen molar-refractivity contribution in [2.75, 3.05) is 7.05 Å². The van der Waals surface area contributed by atoms with Gasteiger partial charge in [-0.15, -0.1) is 0 Å². The van der Waals surface area contributed by atoms with E-state index in [9.17, 15) is 8.42 Å². The van der Waals surface area contributed by atoms with Crippen molar-refractivity contribution in [3.05, 3.63) is 24.2 Å². The Balaban J connectivity index is 2.76. The van der Waals surface area contributed by atoms with Crippen molar-refractivity contribution in [2.24, 2.45) is 0 Å². The smallest absolute Gasteiger partial charge is 0.399 e. The molecule has 1 aromatic heterocycles. The van der Waals surface area contributed by atoms with Crippen LogP contribution in [0.5, 0.6) is 0 Å². The molecule has 2 N–H and O–H groups in total. The van der Waals surface area contributed by atoms with Crippen molar-refractivity contribution < 1.29 is 21.6 Å². The molecule has 0 aliphatic heterocycles. The third-order valence-electron chi connectivity index (χ3n) is 1.28. The summed E-state index contributed by atoms with van der Waals surface area (Å²) in [6.07, 6.45) is 0.359. The van der Waals surface area contributed by atoms with Crippen LogP contribution in [0, 0.1) is 0 Å². The number of nitrogens with one attached hydrogen (secondary N) is 1. The zero-order valence-electron chi connectivity index (χ0n) is 6.80. The van der Waals surface area contributed by atoms with E-state index < -0.39 is 16.6 Å². The van der Waals surface area contributed by atoms with E-state index in [1.165, 1.54) is 19.4 Å². The van der Waals surface area contributed by atoms with Crippen LogP contribution in [-0.2, 0) is 14.6 Å².